The first kappa shape index (κ1) is 6.58. The second-order valence-corrected chi connectivity index (χ2v) is 2.58. The fraction of sp³-hybridized carbons (Fsp3) is 1.00. The molecule has 0 N–H and O–H groups in total. The molecular weight excluding hydrogens is 117 g/mol. The molecule has 0 aliphatic carbocycles. The molecule has 9 heavy (non-hydrogen) atoms. The summed E-state index contributed by atoms with van der Waals surface area (Å²) in [7, 11) is 0. The Hall–Kier alpha value is -0.535. The summed E-state index contributed by atoms with van der Waals surface area (Å²) >= 11 is 0. The van der Waals surface area contributed by atoms with Crippen molar-refractivity contribution in [1.82, 2.24) is 0 Å². The minimum atomic E-state index is -0.223. The molecule has 1 aliphatic heterocycles. The van der Waals surface area contributed by atoms with Gasteiger partial charge in [0.15, 0.2) is 0 Å². The second-order valence-electron chi connectivity index (χ2n) is 2.58. The van der Waals surface area contributed by atoms with E-state index < -0.39 is 0 Å². The Balaban J connectivity index is 2.31. The van der Waals surface area contributed by atoms with E-state index in [9.17, 15) is 10.1 Å². The van der Waals surface area contributed by atoms with Crippen LogP contribution in [-0.4, -0.2) is 11.7 Å². The van der Waals surface area contributed by atoms with Gasteiger partial charge in [0.1, 0.15) is 0 Å². The summed E-state index contributed by atoms with van der Waals surface area (Å²) in [5, 5.41) is 10.2. The highest BCUT2D eigenvalue weighted by molar-refractivity contribution is 6.50. The Labute approximate surface area is 54.7 Å². The molecule has 50 valence electrons. The molecule has 0 aromatic carbocycles. The third-order valence-corrected chi connectivity index (χ3v) is 1.87. The summed E-state index contributed by atoms with van der Waals surface area (Å²) in [6.45, 7) is -0.223. The average molecular weight is 127 g/mol. The zero-order chi connectivity index (χ0) is 6.69. The molecule has 0 radical (unpaired) electrons. The Morgan fingerprint density at radius 2 is 1.78 bits per heavy atom. The van der Waals surface area contributed by atoms with Crippen LogP contribution in [0.15, 0.2) is 0 Å². The molecule has 0 bridgehead atoms. The lowest BCUT2D eigenvalue weighted by Gasteiger charge is -2.08. The molecule has 0 unspecified atom stereocenters. The van der Waals surface area contributed by atoms with E-state index in [0.29, 0.717) is 0 Å². The van der Waals surface area contributed by atoms with E-state index in [1.807, 2.05) is 0 Å². The Morgan fingerprint density at radius 1 is 1.22 bits per heavy atom. The van der Waals surface area contributed by atoms with Gasteiger partial charge in [0, 0.05) is 12.6 Å². The van der Waals surface area contributed by atoms with Gasteiger partial charge in [-0.2, -0.15) is 0 Å². The predicted molar refractivity (Wildman–Crippen MR) is 36.2 cm³/mol. The molecular formula is C5H10BNO2. The molecule has 1 fully saturated rings. The molecule has 1 rings (SSSR count). The van der Waals surface area contributed by atoms with E-state index in [4.69, 9.17) is 0 Å². The lowest BCUT2D eigenvalue weighted by Crippen LogP contribution is -2.26. The molecule has 1 heterocycles. The van der Waals surface area contributed by atoms with Crippen molar-refractivity contribution in [2.45, 2.75) is 31.9 Å². The van der Waals surface area contributed by atoms with Crippen LogP contribution in [0.25, 0.3) is 0 Å². The van der Waals surface area contributed by atoms with Gasteiger partial charge in [0.05, 0.1) is 0 Å². The van der Waals surface area contributed by atoms with Gasteiger partial charge in [-0.3, -0.25) is 10.1 Å². The van der Waals surface area contributed by atoms with Gasteiger partial charge in [0.25, 0.3) is 0 Å². The number of hydrogen-bond donors (Lipinski definition) is 0. The summed E-state index contributed by atoms with van der Waals surface area (Å²) in [6.07, 6.45) is 4.88. The summed E-state index contributed by atoms with van der Waals surface area (Å²) in [6, 6.07) is 0. The maximum atomic E-state index is 10.2. The maximum absolute atomic E-state index is 10.2. The lowest BCUT2D eigenvalue weighted by molar-refractivity contribution is -0.333. The van der Waals surface area contributed by atoms with Crippen molar-refractivity contribution in [3.05, 3.63) is 10.1 Å². The number of nitro groups is 1. The van der Waals surface area contributed by atoms with Crippen LogP contribution in [0.5, 0.6) is 0 Å². The molecule has 1 aliphatic rings. The Morgan fingerprint density at radius 3 is 2.11 bits per heavy atom. The van der Waals surface area contributed by atoms with Gasteiger partial charge in [-0.05, 0) is 0 Å². The first-order valence-corrected chi connectivity index (χ1v) is 3.44. The molecule has 4 heteroatoms. The smallest absolute Gasteiger partial charge is 0.294 e. The quantitative estimate of drug-likeness (QED) is 0.303. The van der Waals surface area contributed by atoms with Crippen LogP contribution in [0.4, 0.5) is 0 Å². The van der Waals surface area contributed by atoms with E-state index in [2.05, 4.69) is 0 Å². The lowest BCUT2D eigenvalue weighted by atomic mass is 9.52. The van der Waals surface area contributed by atoms with Crippen molar-refractivity contribution in [3.63, 3.8) is 0 Å². The molecule has 0 atom stereocenters. The normalized spacial score (nSPS) is 19.8. The SMILES string of the molecule is O=[N+]([O-])B1CCCCC1. The topological polar surface area (TPSA) is 43.1 Å². The Kier molecular flexibility index (Phi) is 2.08. The van der Waals surface area contributed by atoms with Crippen LogP contribution in [0, 0.1) is 10.1 Å². The monoisotopic (exact) mass is 127 g/mol. The van der Waals surface area contributed by atoms with Crippen LogP contribution in [0.1, 0.15) is 19.3 Å². The average Bonchev–Trinajstić information content (AvgIpc) is 1.90. The van der Waals surface area contributed by atoms with Gasteiger partial charge in [-0.1, -0.05) is 24.1 Å². The minimum Gasteiger partial charge on any atom is -0.294 e. The Bertz CT molecular complexity index is 112. The van der Waals surface area contributed by atoms with Gasteiger partial charge in [-0.15, -0.1) is 0 Å². The fourth-order valence-corrected chi connectivity index (χ4v) is 1.29. The predicted octanol–water partition coefficient (Wildman–Crippen LogP) is 1.44. The molecule has 3 nitrogen and oxygen atoms in total. The maximum Gasteiger partial charge on any atom is 0.549 e. The van der Waals surface area contributed by atoms with Crippen LogP contribution in [0.3, 0.4) is 0 Å². The van der Waals surface area contributed by atoms with Crippen molar-refractivity contribution < 1.29 is 4.83 Å². The summed E-state index contributed by atoms with van der Waals surface area (Å²) < 4.78 is 0. The van der Waals surface area contributed by atoms with E-state index >= 15 is 0 Å². The van der Waals surface area contributed by atoms with E-state index in [-0.39, 0.29) is 11.7 Å². The zero-order valence-electron chi connectivity index (χ0n) is 5.38. The highest BCUT2D eigenvalue weighted by atomic mass is 16.6. The van der Waals surface area contributed by atoms with Crippen LogP contribution in [-0.2, 0) is 0 Å². The minimum absolute atomic E-state index is 0.140. The number of hydrogen-bond acceptors (Lipinski definition) is 2. The van der Waals surface area contributed by atoms with Crippen molar-refractivity contribution in [3.8, 4) is 0 Å². The molecule has 0 spiro atoms. The van der Waals surface area contributed by atoms with Crippen molar-refractivity contribution >= 4 is 6.85 Å². The highest BCUT2D eigenvalue weighted by Crippen LogP contribution is 2.18. The van der Waals surface area contributed by atoms with Gasteiger partial charge >= 0.3 is 6.85 Å². The summed E-state index contributed by atoms with van der Waals surface area (Å²) in [5.74, 6) is 0. The fourth-order valence-electron chi connectivity index (χ4n) is 1.29. The standard InChI is InChI=1S/C5H10BNO2/c8-7(9)6-4-2-1-3-5-6/h1-5H2. The first-order valence-electron chi connectivity index (χ1n) is 3.44. The van der Waals surface area contributed by atoms with Gasteiger partial charge in [-0.25, -0.2) is 0 Å². The first-order chi connectivity index (χ1) is 4.30. The van der Waals surface area contributed by atoms with Crippen molar-refractivity contribution in [2.24, 2.45) is 0 Å². The summed E-state index contributed by atoms with van der Waals surface area (Å²) in [5.41, 5.74) is 0. The van der Waals surface area contributed by atoms with E-state index in [1.54, 1.807) is 0 Å². The molecule has 0 saturated carbocycles. The van der Waals surface area contributed by atoms with E-state index in [0.717, 1.165) is 25.5 Å². The van der Waals surface area contributed by atoms with Crippen LogP contribution >= 0.6 is 0 Å². The van der Waals surface area contributed by atoms with Gasteiger partial charge in [0.2, 0.25) is 0 Å². The number of rotatable bonds is 1. The van der Waals surface area contributed by atoms with Crippen molar-refractivity contribution in [2.75, 3.05) is 0 Å². The zero-order valence-corrected chi connectivity index (χ0v) is 5.38. The molecule has 0 amide bonds. The molecule has 0 aromatic heterocycles. The largest absolute Gasteiger partial charge is 0.549 e. The third kappa shape index (κ3) is 1.70. The highest BCUT2D eigenvalue weighted by Gasteiger charge is 2.32. The van der Waals surface area contributed by atoms with E-state index in [1.165, 1.54) is 6.42 Å². The third-order valence-electron chi connectivity index (χ3n) is 1.87. The van der Waals surface area contributed by atoms with Crippen LogP contribution < -0.4 is 0 Å². The van der Waals surface area contributed by atoms with Gasteiger partial charge < -0.3 is 0 Å². The van der Waals surface area contributed by atoms with Crippen LogP contribution in [0.2, 0.25) is 12.6 Å². The molecule has 1 saturated heterocycles. The van der Waals surface area contributed by atoms with Crippen molar-refractivity contribution in [1.29, 1.82) is 0 Å². The molecule has 0 aromatic rings. The summed E-state index contributed by atoms with van der Waals surface area (Å²) in [4.78, 5) is 10.0. The number of nitrogens with zero attached hydrogens (tertiary/aromatic N) is 1. The second kappa shape index (κ2) is 2.85.